The number of aromatic nitrogens is 1. The predicted molar refractivity (Wildman–Crippen MR) is 68.5 cm³/mol. The van der Waals surface area contributed by atoms with Crippen LogP contribution in [0.4, 0.5) is 5.82 Å². The molecule has 0 radical (unpaired) electrons. The van der Waals surface area contributed by atoms with Crippen molar-refractivity contribution in [3.05, 3.63) is 22.3 Å². The predicted octanol–water partition coefficient (Wildman–Crippen LogP) is 2.73. The van der Waals surface area contributed by atoms with Crippen molar-refractivity contribution in [2.45, 2.75) is 32.3 Å². The summed E-state index contributed by atoms with van der Waals surface area (Å²) in [6.07, 6.45) is 4.72. The normalized spacial score (nSPS) is 24.7. The highest BCUT2D eigenvalue weighted by atomic mass is 79.9. The summed E-state index contributed by atoms with van der Waals surface area (Å²) in [5.41, 5.74) is 1.15. The first kappa shape index (κ1) is 11.9. The van der Waals surface area contributed by atoms with Gasteiger partial charge >= 0.3 is 0 Å². The SMILES string of the molecule is Cc1cnc(NCC2CCC(O)C2)c(Br)c1. The van der Waals surface area contributed by atoms with E-state index in [1.807, 2.05) is 13.1 Å². The first-order valence-corrected chi connectivity index (χ1v) is 6.48. The average Bonchev–Trinajstić information content (AvgIpc) is 2.63. The second kappa shape index (κ2) is 5.15. The Morgan fingerprint density at radius 3 is 3.00 bits per heavy atom. The molecular weight excluding hydrogens is 268 g/mol. The summed E-state index contributed by atoms with van der Waals surface area (Å²) < 4.78 is 1.01. The van der Waals surface area contributed by atoms with Gasteiger partial charge in [0.25, 0.3) is 0 Å². The van der Waals surface area contributed by atoms with Gasteiger partial charge in [-0.3, -0.25) is 0 Å². The fourth-order valence-corrected chi connectivity index (χ4v) is 2.74. The van der Waals surface area contributed by atoms with Gasteiger partial charge in [-0.05, 0) is 59.7 Å². The van der Waals surface area contributed by atoms with E-state index in [-0.39, 0.29) is 6.10 Å². The Morgan fingerprint density at radius 1 is 1.56 bits per heavy atom. The second-order valence-electron chi connectivity index (χ2n) is 4.56. The van der Waals surface area contributed by atoms with Crippen LogP contribution in [-0.4, -0.2) is 22.7 Å². The average molecular weight is 285 g/mol. The van der Waals surface area contributed by atoms with Gasteiger partial charge < -0.3 is 10.4 Å². The molecule has 4 heteroatoms. The molecule has 2 N–H and O–H groups in total. The van der Waals surface area contributed by atoms with E-state index in [0.29, 0.717) is 5.92 Å². The Labute approximate surface area is 104 Å². The number of halogens is 1. The molecule has 2 atom stereocenters. The van der Waals surface area contributed by atoms with Crippen LogP contribution in [0, 0.1) is 12.8 Å². The summed E-state index contributed by atoms with van der Waals surface area (Å²) in [6, 6.07) is 2.05. The third-order valence-corrected chi connectivity index (χ3v) is 3.65. The van der Waals surface area contributed by atoms with E-state index in [4.69, 9.17) is 0 Å². The zero-order valence-corrected chi connectivity index (χ0v) is 11.0. The first-order valence-electron chi connectivity index (χ1n) is 5.69. The Morgan fingerprint density at radius 2 is 2.38 bits per heavy atom. The molecule has 2 rings (SSSR count). The number of rotatable bonds is 3. The smallest absolute Gasteiger partial charge is 0.140 e. The van der Waals surface area contributed by atoms with Crippen LogP contribution in [0.3, 0.4) is 0 Å². The molecule has 1 heterocycles. The van der Waals surface area contributed by atoms with Crippen LogP contribution in [0.2, 0.25) is 0 Å². The van der Waals surface area contributed by atoms with Gasteiger partial charge in [0.05, 0.1) is 10.6 Å². The van der Waals surface area contributed by atoms with Crippen LogP contribution in [0.15, 0.2) is 16.7 Å². The van der Waals surface area contributed by atoms with Crippen LogP contribution in [-0.2, 0) is 0 Å². The summed E-state index contributed by atoms with van der Waals surface area (Å²) in [6.45, 7) is 2.92. The lowest BCUT2D eigenvalue weighted by Crippen LogP contribution is -2.13. The molecule has 0 spiro atoms. The number of aryl methyl sites for hydroxylation is 1. The van der Waals surface area contributed by atoms with E-state index in [9.17, 15) is 5.11 Å². The maximum Gasteiger partial charge on any atom is 0.140 e. The summed E-state index contributed by atoms with van der Waals surface area (Å²) in [7, 11) is 0. The molecule has 1 aromatic heterocycles. The minimum Gasteiger partial charge on any atom is -0.393 e. The third kappa shape index (κ3) is 2.95. The molecule has 1 aliphatic rings. The summed E-state index contributed by atoms with van der Waals surface area (Å²) in [5, 5.41) is 12.8. The van der Waals surface area contributed by atoms with Crippen molar-refractivity contribution in [2.75, 3.05) is 11.9 Å². The van der Waals surface area contributed by atoms with Gasteiger partial charge in [-0.15, -0.1) is 0 Å². The highest BCUT2D eigenvalue weighted by Crippen LogP contribution is 2.27. The maximum absolute atomic E-state index is 9.44. The van der Waals surface area contributed by atoms with Gasteiger partial charge in [-0.1, -0.05) is 0 Å². The summed E-state index contributed by atoms with van der Waals surface area (Å²) in [5.74, 6) is 1.47. The molecule has 1 aromatic rings. The van der Waals surface area contributed by atoms with Gasteiger partial charge in [-0.25, -0.2) is 4.98 Å². The fraction of sp³-hybridized carbons (Fsp3) is 0.583. The standard InChI is InChI=1S/C12H17BrN2O/c1-8-4-11(13)12(14-6-8)15-7-9-2-3-10(16)5-9/h4,6,9-10,16H,2-3,5,7H2,1H3,(H,14,15). The van der Waals surface area contributed by atoms with Gasteiger partial charge in [-0.2, -0.15) is 0 Å². The molecule has 2 unspecified atom stereocenters. The second-order valence-corrected chi connectivity index (χ2v) is 5.41. The largest absolute Gasteiger partial charge is 0.393 e. The van der Waals surface area contributed by atoms with Crippen molar-refractivity contribution < 1.29 is 5.11 Å². The molecule has 16 heavy (non-hydrogen) atoms. The molecule has 1 saturated carbocycles. The van der Waals surface area contributed by atoms with E-state index in [1.165, 1.54) is 0 Å². The van der Waals surface area contributed by atoms with E-state index < -0.39 is 0 Å². The lowest BCUT2D eigenvalue weighted by molar-refractivity contribution is 0.178. The van der Waals surface area contributed by atoms with Crippen molar-refractivity contribution in [1.82, 2.24) is 4.98 Å². The quantitative estimate of drug-likeness (QED) is 0.897. The Balaban J connectivity index is 1.89. The van der Waals surface area contributed by atoms with E-state index >= 15 is 0 Å². The van der Waals surface area contributed by atoms with Gasteiger partial charge in [0.15, 0.2) is 0 Å². The zero-order valence-electron chi connectivity index (χ0n) is 9.41. The lowest BCUT2D eigenvalue weighted by Gasteiger charge is -2.12. The van der Waals surface area contributed by atoms with Crippen molar-refractivity contribution in [3.8, 4) is 0 Å². The van der Waals surface area contributed by atoms with Crippen LogP contribution in [0.25, 0.3) is 0 Å². The molecule has 1 fully saturated rings. The van der Waals surface area contributed by atoms with Gasteiger partial charge in [0.1, 0.15) is 5.82 Å². The molecule has 88 valence electrons. The molecule has 3 nitrogen and oxygen atoms in total. The summed E-state index contributed by atoms with van der Waals surface area (Å²) >= 11 is 3.49. The third-order valence-electron chi connectivity index (χ3n) is 3.05. The van der Waals surface area contributed by atoms with Crippen molar-refractivity contribution in [1.29, 1.82) is 0 Å². The fourth-order valence-electron chi connectivity index (χ4n) is 2.14. The van der Waals surface area contributed by atoms with Crippen LogP contribution in [0.5, 0.6) is 0 Å². The number of nitrogens with zero attached hydrogens (tertiary/aromatic N) is 1. The van der Waals surface area contributed by atoms with E-state index in [0.717, 1.165) is 41.7 Å². The van der Waals surface area contributed by atoms with Crippen molar-refractivity contribution in [3.63, 3.8) is 0 Å². The first-order chi connectivity index (χ1) is 7.65. The van der Waals surface area contributed by atoms with Crippen LogP contribution < -0.4 is 5.32 Å². The highest BCUT2D eigenvalue weighted by molar-refractivity contribution is 9.10. The van der Waals surface area contributed by atoms with Gasteiger partial charge in [0, 0.05) is 12.7 Å². The Kier molecular flexibility index (Phi) is 3.82. The molecule has 0 aliphatic heterocycles. The maximum atomic E-state index is 9.44. The number of anilines is 1. The van der Waals surface area contributed by atoms with Gasteiger partial charge in [0.2, 0.25) is 0 Å². The van der Waals surface area contributed by atoms with E-state index in [1.54, 1.807) is 0 Å². The number of pyridine rings is 1. The molecule has 1 aliphatic carbocycles. The Hall–Kier alpha value is -0.610. The van der Waals surface area contributed by atoms with Crippen molar-refractivity contribution in [2.24, 2.45) is 5.92 Å². The number of nitrogens with one attached hydrogen (secondary N) is 1. The number of hydrogen-bond donors (Lipinski definition) is 2. The van der Waals surface area contributed by atoms with Crippen LogP contribution >= 0.6 is 15.9 Å². The monoisotopic (exact) mass is 284 g/mol. The zero-order chi connectivity index (χ0) is 11.5. The van der Waals surface area contributed by atoms with Crippen molar-refractivity contribution >= 4 is 21.7 Å². The highest BCUT2D eigenvalue weighted by Gasteiger charge is 2.22. The molecule has 0 amide bonds. The lowest BCUT2D eigenvalue weighted by atomic mass is 10.1. The molecule has 0 bridgehead atoms. The number of aliphatic hydroxyl groups excluding tert-OH is 1. The minimum atomic E-state index is -0.0961. The minimum absolute atomic E-state index is 0.0961. The molecule has 0 aromatic carbocycles. The Bertz CT molecular complexity index is 370. The van der Waals surface area contributed by atoms with Crippen LogP contribution in [0.1, 0.15) is 24.8 Å². The number of hydrogen-bond acceptors (Lipinski definition) is 3. The number of aliphatic hydroxyl groups is 1. The molecular formula is C12H17BrN2O. The van der Waals surface area contributed by atoms with E-state index in [2.05, 4.69) is 32.3 Å². The summed E-state index contributed by atoms with van der Waals surface area (Å²) in [4.78, 5) is 4.34. The molecule has 0 saturated heterocycles. The topological polar surface area (TPSA) is 45.2 Å².